The van der Waals surface area contributed by atoms with Crippen LogP contribution in [0.1, 0.15) is 11.7 Å². The summed E-state index contributed by atoms with van der Waals surface area (Å²) in [7, 11) is 0. The van der Waals surface area contributed by atoms with Crippen LogP contribution in [0.4, 0.5) is 0 Å². The molecule has 2 N–H and O–H groups in total. The number of oxazole rings is 1. The Morgan fingerprint density at radius 2 is 2.00 bits per heavy atom. The molecule has 132 valence electrons. The van der Waals surface area contributed by atoms with Gasteiger partial charge >= 0.3 is 0 Å². The number of aryl methyl sites for hydroxylation is 1. The molecule has 0 fully saturated rings. The molecule has 0 aliphatic carbocycles. The zero-order valence-electron chi connectivity index (χ0n) is 13.7. The minimum Gasteiger partial charge on any atom is -0.469 e. The lowest BCUT2D eigenvalue weighted by Gasteiger charge is -2.01. The third-order valence-corrected chi connectivity index (χ3v) is 4.95. The van der Waals surface area contributed by atoms with E-state index in [4.69, 9.17) is 26.3 Å². The summed E-state index contributed by atoms with van der Waals surface area (Å²) in [5, 5.41) is 9.50. The normalized spacial score (nSPS) is 11.2. The molecule has 3 heterocycles. The van der Waals surface area contributed by atoms with Crippen LogP contribution in [-0.2, 0) is 5.75 Å². The molecule has 1 aromatic carbocycles. The van der Waals surface area contributed by atoms with Gasteiger partial charge in [-0.25, -0.2) is 9.66 Å². The molecule has 0 bridgehead atoms. The highest BCUT2D eigenvalue weighted by molar-refractivity contribution is 7.98. The highest BCUT2D eigenvalue weighted by atomic mass is 35.5. The van der Waals surface area contributed by atoms with Gasteiger partial charge in [0.1, 0.15) is 5.76 Å². The number of halogens is 1. The Balaban J connectivity index is 1.48. The number of benzene rings is 1. The maximum Gasteiger partial charge on any atom is 0.210 e. The zero-order chi connectivity index (χ0) is 18.1. The van der Waals surface area contributed by atoms with E-state index in [2.05, 4.69) is 15.2 Å². The molecule has 3 aromatic heterocycles. The van der Waals surface area contributed by atoms with Crippen LogP contribution in [0.3, 0.4) is 0 Å². The van der Waals surface area contributed by atoms with E-state index in [-0.39, 0.29) is 0 Å². The van der Waals surface area contributed by atoms with Gasteiger partial charge in [0.25, 0.3) is 0 Å². The van der Waals surface area contributed by atoms with Crippen LogP contribution >= 0.6 is 23.4 Å². The van der Waals surface area contributed by atoms with Crippen molar-refractivity contribution in [3.63, 3.8) is 0 Å². The SMILES string of the molecule is Cc1occc1-c1nnc(SCc2ncc(-c3ccc(Cl)cc3)o2)n1N. The van der Waals surface area contributed by atoms with Crippen LogP contribution in [0.2, 0.25) is 5.02 Å². The first-order valence-electron chi connectivity index (χ1n) is 7.70. The van der Waals surface area contributed by atoms with Gasteiger partial charge in [0, 0.05) is 10.6 Å². The van der Waals surface area contributed by atoms with Gasteiger partial charge in [-0.15, -0.1) is 10.2 Å². The molecule has 0 radical (unpaired) electrons. The van der Waals surface area contributed by atoms with E-state index in [9.17, 15) is 0 Å². The van der Waals surface area contributed by atoms with E-state index >= 15 is 0 Å². The summed E-state index contributed by atoms with van der Waals surface area (Å²) in [5.41, 5.74) is 1.73. The van der Waals surface area contributed by atoms with Gasteiger partial charge in [-0.3, -0.25) is 0 Å². The molecule has 0 unspecified atom stereocenters. The van der Waals surface area contributed by atoms with Crippen LogP contribution in [0.25, 0.3) is 22.7 Å². The van der Waals surface area contributed by atoms with Gasteiger partial charge < -0.3 is 14.7 Å². The summed E-state index contributed by atoms with van der Waals surface area (Å²) in [6, 6.07) is 9.20. The fourth-order valence-electron chi connectivity index (χ4n) is 2.43. The summed E-state index contributed by atoms with van der Waals surface area (Å²) < 4.78 is 12.5. The number of nitrogens with two attached hydrogens (primary N) is 1. The van der Waals surface area contributed by atoms with Crippen LogP contribution in [0.5, 0.6) is 0 Å². The maximum absolute atomic E-state index is 6.10. The van der Waals surface area contributed by atoms with Crippen molar-refractivity contribution in [2.45, 2.75) is 17.8 Å². The van der Waals surface area contributed by atoms with E-state index in [1.165, 1.54) is 16.4 Å². The van der Waals surface area contributed by atoms with E-state index in [0.29, 0.717) is 33.4 Å². The quantitative estimate of drug-likeness (QED) is 0.405. The van der Waals surface area contributed by atoms with Gasteiger partial charge in [-0.1, -0.05) is 23.4 Å². The Kier molecular flexibility index (Phi) is 4.44. The third kappa shape index (κ3) is 3.21. The fraction of sp³-hybridized carbons (Fsp3) is 0.118. The minimum absolute atomic E-state index is 0.479. The van der Waals surface area contributed by atoms with Crippen molar-refractivity contribution in [2.24, 2.45) is 0 Å². The van der Waals surface area contributed by atoms with E-state index in [1.54, 1.807) is 12.5 Å². The summed E-state index contributed by atoms with van der Waals surface area (Å²) in [5.74, 6) is 9.12. The molecule has 9 heteroatoms. The number of nitrogens with zero attached hydrogens (tertiary/aromatic N) is 4. The van der Waals surface area contributed by atoms with Gasteiger partial charge in [-0.2, -0.15) is 0 Å². The Morgan fingerprint density at radius 1 is 1.19 bits per heavy atom. The van der Waals surface area contributed by atoms with Gasteiger partial charge in [0.15, 0.2) is 11.6 Å². The van der Waals surface area contributed by atoms with Crippen molar-refractivity contribution < 1.29 is 8.83 Å². The lowest BCUT2D eigenvalue weighted by molar-refractivity contribution is 0.529. The molecule has 0 saturated heterocycles. The Morgan fingerprint density at radius 3 is 2.73 bits per heavy atom. The van der Waals surface area contributed by atoms with E-state index in [1.807, 2.05) is 37.3 Å². The number of aromatic nitrogens is 4. The monoisotopic (exact) mass is 387 g/mol. The van der Waals surface area contributed by atoms with Crippen molar-refractivity contribution in [3.8, 4) is 22.7 Å². The van der Waals surface area contributed by atoms with Crippen LogP contribution in [0.15, 0.2) is 56.8 Å². The lowest BCUT2D eigenvalue weighted by Crippen LogP contribution is -2.11. The zero-order valence-corrected chi connectivity index (χ0v) is 15.3. The van der Waals surface area contributed by atoms with Crippen LogP contribution in [0, 0.1) is 6.92 Å². The highest BCUT2D eigenvalue weighted by Crippen LogP contribution is 2.28. The first-order valence-corrected chi connectivity index (χ1v) is 9.06. The lowest BCUT2D eigenvalue weighted by atomic mass is 10.2. The second kappa shape index (κ2) is 6.89. The summed E-state index contributed by atoms with van der Waals surface area (Å²) in [4.78, 5) is 4.30. The molecule has 26 heavy (non-hydrogen) atoms. The Hall–Kier alpha value is -2.71. The first kappa shape index (κ1) is 16.7. The summed E-state index contributed by atoms with van der Waals surface area (Å²) >= 11 is 7.29. The number of rotatable bonds is 5. The number of nitrogen functional groups attached to an aromatic ring is 1. The van der Waals surface area contributed by atoms with Crippen molar-refractivity contribution in [1.29, 1.82) is 0 Å². The average molecular weight is 388 g/mol. The molecule has 0 spiro atoms. The molecular formula is C17H14ClN5O2S. The first-order chi connectivity index (χ1) is 12.6. The Labute approximate surface area is 158 Å². The molecule has 0 aliphatic heterocycles. The highest BCUT2D eigenvalue weighted by Gasteiger charge is 2.16. The molecule has 0 saturated carbocycles. The molecular weight excluding hydrogens is 374 g/mol. The smallest absolute Gasteiger partial charge is 0.210 e. The molecule has 0 aliphatic rings. The molecule has 7 nitrogen and oxygen atoms in total. The predicted octanol–water partition coefficient (Wildman–Crippen LogP) is 4.16. The van der Waals surface area contributed by atoms with Gasteiger partial charge in [0.05, 0.1) is 23.8 Å². The van der Waals surface area contributed by atoms with Crippen LogP contribution in [-0.4, -0.2) is 19.9 Å². The Bertz CT molecular complexity index is 1040. The second-order valence-corrected chi connectivity index (χ2v) is 6.86. The van der Waals surface area contributed by atoms with Gasteiger partial charge in [0.2, 0.25) is 11.0 Å². The maximum atomic E-state index is 6.10. The largest absolute Gasteiger partial charge is 0.469 e. The van der Waals surface area contributed by atoms with E-state index in [0.717, 1.165) is 16.9 Å². The third-order valence-electron chi connectivity index (χ3n) is 3.77. The minimum atomic E-state index is 0.479. The number of furan rings is 1. The van der Waals surface area contributed by atoms with Crippen molar-refractivity contribution in [3.05, 3.63) is 59.5 Å². The number of thioether (sulfide) groups is 1. The molecule has 0 atom stereocenters. The number of hydrogen-bond donors (Lipinski definition) is 1. The standard InChI is InChI=1S/C17H14ClN5O2S/c1-10-13(6-7-24-10)16-21-22-17(23(16)19)26-9-15-20-8-14(25-15)11-2-4-12(18)5-3-11/h2-8H,9,19H2,1H3. The van der Waals surface area contributed by atoms with Crippen LogP contribution < -0.4 is 5.84 Å². The predicted molar refractivity (Wildman–Crippen MR) is 99.1 cm³/mol. The fourth-order valence-corrected chi connectivity index (χ4v) is 3.26. The van der Waals surface area contributed by atoms with Crippen molar-refractivity contribution >= 4 is 23.4 Å². The van der Waals surface area contributed by atoms with Crippen molar-refractivity contribution in [2.75, 3.05) is 5.84 Å². The van der Waals surface area contributed by atoms with Crippen molar-refractivity contribution in [1.82, 2.24) is 19.9 Å². The molecule has 4 aromatic rings. The summed E-state index contributed by atoms with van der Waals surface area (Å²) in [6.07, 6.45) is 3.28. The molecule has 4 rings (SSSR count). The molecule has 0 amide bonds. The second-order valence-electron chi connectivity index (χ2n) is 5.48. The summed E-state index contributed by atoms with van der Waals surface area (Å²) in [6.45, 7) is 1.85. The van der Waals surface area contributed by atoms with Gasteiger partial charge in [-0.05, 0) is 37.3 Å². The number of hydrogen-bond acceptors (Lipinski definition) is 7. The topological polar surface area (TPSA) is 95.9 Å². The average Bonchev–Trinajstić information content (AvgIpc) is 3.35. The van der Waals surface area contributed by atoms with E-state index < -0.39 is 0 Å².